The lowest BCUT2D eigenvalue weighted by Gasteiger charge is -2.23. The molecule has 1 aliphatic heterocycles. The van der Waals surface area contributed by atoms with Gasteiger partial charge in [0, 0.05) is 17.7 Å². The summed E-state index contributed by atoms with van der Waals surface area (Å²) in [6.07, 6.45) is 1.80. The van der Waals surface area contributed by atoms with Crippen LogP contribution in [0.1, 0.15) is 23.2 Å². The second-order valence-electron chi connectivity index (χ2n) is 6.37. The maximum atomic E-state index is 12.8. The van der Waals surface area contributed by atoms with Gasteiger partial charge in [-0.15, -0.1) is 10.2 Å². The van der Waals surface area contributed by atoms with Crippen LogP contribution in [0.2, 0.25) is 0 Å². The van der Waals surface area contributed by atoms with E-state index in [1.807, 2.05) is 48.5 Å². The van der Waals surface area contributed by atoms with Crippen LogP contribution in [0.25, 0.3) is 22.5 Å². The fraction of sp³-hybridized carbons (Fsp3) is 0.263. The number of likely N-dealkylation sites (tertiary alicyclic amines) is 1. The molecule has 7 nitrogen and oxygen atoms in total. The van der Waals surface area contributed by atoms with Crippen LogP contribution in [0.5, 0.6) is 0 Å². The van der Waals surface area contributed by atoms with E-state index in [1.54, 1.807) is 4.90 Å². The number of hydrogen-bond acceptors (Lipinski definition) is 5. The average Bonchev–Trinajstić information content (AvgIpc) is 3.39. The zero-order valence-electron chi connectivity index (χ0n) is 14.2. The van der Waals surface area contributed by atoms with Gasteiger partial charge in [0.25, 0.3) is 5.91 Å². The van der Waals surface area contributed by atoms with Crippen LogP contribution in [0.4, 0.5) is 0 Å². The Bertz CT molecular complexity index is 893. The van der Waals surface area contributed by atoms with Gasteiger partial charge in [0.1, 0.15) is 0 Å². The number of amides is 1. The molecule has 0 aliphatic carbocycles. The van der Waals surface area contributed by atoms with Gasteiger partial charge in [-0.3, -0.25) is 4.79 Å². The fourth-order valence-corrected chi connectivity index (χ4v) is 3.39. The summed E-state index contributed by atoms with van der Waals surface area (Å²) in [5.74, 6) is 0.524. The molecule has 3 aromatic rings. The summed E-state index contributed by atoms with van der Waals surface area (Å²) in [6, 6.07) is 15.3. The van der Waals surface area contributed by atoms with Crippen LogP contribution in [0, 0.1) is 0 Å². The molecule has 1 fully saturated rings. The molecule has 132 valence electrons. The van der Waals surface area contributed by atoms with E-state index >= 15 is 0 Å². The number of aromatic nitrogens is 4. The van der Waals surface area contributed by atoms with Crippen molar-refractivity contribution in [3.8, 4) is 22.5 Å². The highest BCUT2D eigenvalue weighted by Gasteiger charge is 2.28. The fourth-order valence-electron chi connectivity index (χ4n) is 3.39. The molecule has 0 radical (unpaired) electrons. The van der Waals surface area contributed by atoms with Gasteiger partial charge in [0.15, 0.2) is 0 Å². The van der Waals surface area contributed by atoms with Gasteiger partial charge in [-0.05, 0) is 41.3 Å². The highest BCUT2D eigenvalue weighted by atomic mass is 16.3. The van der Waals surface area contributed by atoms with Crippen molar-refractivity contribution in [3.63, 3.8) is 0 Å². The molecule has 1 amide bonds. The van der Waals surface area contributed by atoms with Crippen LogP contribution < -0.4 is 0 Å². The number of carbonyl (C=O) groups excluding carboxylic acids is 1. The standard InChI is InChI=1S/C19H19N5O2/c25-12-17-5-2-10-24(17)19(26)16-4-1-3-15(11-16)13-6-8-14(9-7-13)18-20-22-23-21-18/h1,3-4,6-9,11,17,25H,2,5,10,12H2,(H,20,21,22,23)/t17-/m0/s1. The predicted octanol–water partition coefficient (Wildman–Crippen LogP) is 2.13. The number of carbonyl (C=O) groups is 1. The molecule has 7 heteroatoms. The largest absolute Gasteiger partial charge is 0.394 e. The normalized spacial score (nSPS) is 16.8. The van der Waals surface area contributed by atoms with Crippen molar-refractivity contribution in [2.24, 2.45) is 0 Å². The monoisotopic (exact) mass is 349 g/mol. The van der Waals surface area contributed by atoms with E-state index < -0.39 is 0 Å². The molecule has 4 rings (SSSR count). The third-order valence-corrected chi connectivity index (χ3v) is 4.78. The number of aliphatic hydroxyl groups excluding tert-OH is 1. The average molecular weight is 349 g/mol. The van der Waals surface area contributed by atoms with Crippen molar-refractivity contribution in [2.45, 2.75) is 18.9 Å². The van der Waals surface area contributed by atoms with Gasteiger partial charge < -0.3 is 10.0 Å². The molecule has 0 unspecified atom stereocenters. The first-order valence-electron chi connectivity index (χ1n) is 8.62. The van der Waals surface area contributed by atoms with Crippen LogP contribution in [-0.2, 0) is 0 Å². The van der Waals surface area contributed by atoms with E-state index in [0.29, 0.717) is 17.9 Å². The lowest BCUT2D eigenvalue weighted by molar-refractivity contribution is 0.0677. The zero-order chi connectivity index (χ0) is 17.9. The topological polar surface area (TPSA) is 95.0 Å². The molecule has 26 heavy (non-hydrogen) atoms. The number of tetrazole rings is 1. The quantitative estimate of drug-likeness (QED) is 0.752. The summed E-state index contributed by atoms with van der Waals surface area (Å²) in [7, 11) is 0. The van der Waals surface area contributed by atoms with Crippen LogP contribution >= 0.6 is 0 Å². The van der Waals surface area contributed by atoms with E-state index in [9.17, 15) is 9.90 Å². The van der Waals surface area contributed by atoms with E-state index in [0.717, 1.165) is 29.5 Å². The van der Waals surface area contributed by atoms with Crippen molar-refractivity contribution in [1.29, 1.82) is 0 Å². The Morgan fingerprint density at radius 3 is 2.69 bits per heavy atom. The predicted molar refractivity (Wildman–Crippen MR) is 96.2 cm³/mol. The summed E-state index contributed by atoms with van der Waals surface area (Å²) in [5, 5.41) is 23.4. The summed E-state index contributed by atoms with van der Waals surface area (Å²) in [4.78, 5) is 14.6. The number of rotatable bonds is 4. The third-order valence-electron chi connectivity index (χ3n) is 4.78. The number of hydrogen-bond donors (Lipinski definition) is 2. The Labute approximate surface area is 150 Å². The van der Waals surface area contributed by atoms with Gasteiger partial charge in [0.2, 0.25) is 5.82 Å². The van der Waals surface area contributed by atoms with E-state index in [2.05, 4.69) is 20.6 Å². The minimum atomic E-state index is -0.0691. The molecule has 0 bridgehead atoms. The Kier molecular flexibility index (Phi) is 4.45. The Morgan fingerprint density at radius 1 is 1.15 bits per heavy atom. The molecule has 2 N–H and O–H groups in total. The Hall–Kier alpha value is -3.06. The lowest BCUT2D eigenvalue weighted by atomic mass is 10.0. The number of H-pyrrole nitrogens is 1. The Balaban J connectivity index is 1.58. The number of aromatic amines is 1. The lowest BCUT2D eigenvalue weighted by Crippen LogP contribution is -2.37. The molecule has 2 heterocycles. The molecule has 1 atom stereocenters. The van der Waals surface area contributed by atoms with Crippen LogP contribution in [0.3, 0.4) is 0 Å². The van der Waals surface area contributed by atoms with Crippen molar-refractivity contribution in [2.75, 3.05) is 13.2 Å². The van der Waals surface area contributed by atoms with E-state index in [4.69, 9.17) is 0 Å². The van der Waals surface area contributed by atoms with Gasteiger partial charge in [-0.1, -0.05) is 36.4 Å². The van der Waals surface area contributed by atoms with Crippen LogP contribution in [-0.4, -0.2) is 55.7 Å². The van der Waals surface area contributed by atoms with Crippen molar-refractivity contribution in [1.82, 2.24) is 25.5 Å². The minimum Gasteiger partial charge on any atom is -0.394 e. The molecule has 2 aromatic carbocycles. The molecule has 1 saturated heterocycles. The molecule has 1 aliphatic rings. The Morgan fingerprint density at radius 2 is 1.96 bits per heavy atom. The first-order valence-corrected chi connectivity index (χ1v) is 8.62. The number of nitrogens with one attached hydrogen (secondary N) is 1. The molecule has 0 spiro atoms. The van der Waals surface area contributed by atoms with Crippen molar-refractivity contribution < 1.29 is 9.90 Å². The molecule has 0 saturated carbocycles. The van der Waals surface area contributed by atoms with Crippen molar-refractivity contribution in [3.05, 3.63) is 54.1 Å². The smallest absolute Gasteiger partial charge is 0.254 e. The summed E-state index contributed by atoms with van der Waals surface area (Å²) in [5.41, 5.74) is 3.49. The minimum absolute atomic E-state index is 0.0168. The molecular formula is C19H19N5O2. The van der Waals surface area contributed by atoms with Crippen LogP contribution in [0.15, 0.2) is 48.5 Å². The number of benzene rings is 2. The first-order chi connectivity index (χ1) is 12.8. The summed E-state index contributed by atoms with van der Waals surface area (Å²) in [6.45, 7) is 0.719. The summed E-state index contributed by atoms with van der Waals surface area (Å²) < 4.78 is 0. The first kappa shape index (κ1) is 16.4. The second-order valence-corrected chi connectivity index (χ2v) is 6.37. The second kappa shape index (κ2) is 7.05. The molecule has 1 aromatic heterocycles. The van der Waals surface area contributed by atoms with Gasteiger partial charge in [-0.2, -0.15) is 5.21 Å². The maximum absolute atomic E-state index is 12.8. The summed E-state index contributed by atoms with van der Waals surface area (Å²) >= 11 is 0. The van der Waals surface area contributed by atoms with E-state index in [-0.39, 0.29) is 18.6 Å². The number of aliphatic hydroxyl groups is 1. The third kappa shape index (κ3) is 3.09. The van der Waals surface area contributed by atoms with Gasteiger partial charge in [0.05, 0.1) is 12.6 Å². The maximum Gasteiger partial charge on any atom is 0.254 e. The van der Waals surface area contributed by atoms with Crippen molar-refractivity contribution >= 4 is 5.91 Å². The highest BCUT2D eigenvalue weighted by molar-refractivity contribution is 5.96. The zero-order valence-corrected chi connectivity index (χ0v) is 14.2. The van der Waals surface area contributed by atoms with Gasteiger partial charge in [-0.25, -0.2) is 0 Å². The van der Waals surface area contributed by atoms with Gasteiger partial charge >= 0.3 is 0 Å². The van der Waals surface area contributed by atoms with E-state index in [1.165, 1.54) is 0 Å². The number of nitrogens with zero attached hydrogens (tertiary/aromatic N) is 4. The molecular weight excluding hydrogens is 330 g/mol. The SMILES string of the molecule is O=C(c1cccc(-c2ccc(-c3nn[nH]n3)cc2)c1)N1CCC[C@H]1CO. The highest BCUT2D eigenvalue weighted by Crippen LogP contribution is 2.25.